The molecular weight excluding hydrogens is 138 g/mol. The van der Waals surface area contributed by atoms with Crippen molar-refractivity contribution in [1.82, 2.24) is 5.32 Å². The molecule has 1 N–H and O–H groups in total. The Morgan fingerprint density at radius 3 is 2.73 bits per heavy atom. The van der Waals surface area contributed by atoms with Crippen LogP contribution in [0.3, 0.4) is 0 Å². The van der Waals surface area contributed by atoms with Crippen LogP contribution >= 0.6 is 0 Å². The lowest BCUT2D eigenvalue weighted by atomic mass is 9.89. The van der Waals surface area contributed by atoms with Crippen molar-refractivity contribution in [1.29, 1.82) is 0 Å². The minimum absolute atomic E-state index is 0.208. The highest BCUT2D eigenvalue weighted by atomic mass is 16.1. The summed E-state index contributed by atoms with van der Waals surface area (Å²) in [6.45, 7) is 5.95. The maximum Gasteiger partial charge on any atom is 0.139 e. The van der Waals surface area contributed by atoms with E-state index >= 15 is 0 Å². The lowest BCUT2D eigenvalue weighted by Crippen LogP contribution is -2.36. The van der Waals surface area contributed by atoms with E-state index in [0.717, 1.165) is 25.9 Å². The van der Waals surface area contributed by atoms with Gasteiger partial charge < -0.3 is 5.32 Å². The van der Waals surface area contributed by atoms with Gasteiger partial charge in [-0.05, 0) is 19.4 Å². The van der Waals surface area contributed by atoms with Crippen LogP contribution in [0.5, 0.6) is 0 Å². The zero-order chi connectivity index (χ0) is 8.27. The van der Waals surface area contributed by atoms with Gasteiger partial charge in [-0.25, -0.2) is 0 Å². The van der Waals surface area contributed by atoms with E-state index in [0.29, 0.717) is 11.7 Å². The zero-order valence-corrected chi connectivity index (χ0v) is 7.39. The molecule has 11 heavy (non-hydrogen) atoms. The molecule has 1 rings (SSSR count). The van der Waals surface area contributed by atoms with Crippen LogP contribution in [0.25, 0.3) is 0 Å². The summed E-state index contributed by atoms with van der Waals surface area (Å²) in [5.74, 6) is 0.931. The predicted molar refractivity (Wildman–Crippen MR) is 45.4 cm³/mol. The van der Waals surface area contributed by atoms with E-state index in [4.69, 9.17) is 0 Å². The first-order valence-electron chi connectivity index (χ1n) is 4.46. The second-order valence-electron chi connectivity index (χ2n) is 3.60. The van der Waals surface area contributed by atoms with Gasteiger partial charge in [-0.15, -0.1) is 0 Å². The molecule has 0 radical (unpaired) electrons. The Hall–Kier alpha value is -0.370. The van der Waals surface area contributed by atoms with Gasteiger partial charge in [0.05, 0.1) is 0 Å². The van der Waals surface area contributed by atoms with Gasteiger partial charge in [0.1, 0.15) is 5.78 Å². The van der Waals surface area contributed by atoms with Crippen molar-refractivity contribution >= 4 is 5.78 Å². The third kappa shape index (κ3) is 2.29. The number of ketones is 1. The number of Topliss-reactive ketones (excluding diaryl/α,β-unsaturated/α-hetero) is 1. The summed E-state index contributed by atoms with van der Waals surface area (Å²) >= 11 is 0. The Bertz CT molecular complexity index is 136. The minimum atomic E-state index is 0.208. The molecule has 2 heteroatoms. The first kappa shape index (κ1) is 8.72. The molecule has 1 heterocycles. The van der Waals surface area contributed by atoms with E-state index in [9.17, 15) is 4.79 Å². The fraction of sp³-hybridized carbons (Fsp3) is 0.889. The molecule has 1 saturated heterocycles. The number of rotatable bonds is 2. The largest absolute Gasteiger partial charge is 0.316 e. The maximum atomic E-state index is 11.5. The molecule has 1 aliphatic rings. The molecule has 0 aromatic heterocycles. The Morgan fingerprint density at radius 1 is 1.55 bits per heavy atom. The third-order valence-electron chi connectivity index (χ3n) is 2.27. The van der Waals surface area contributed by atoms with E-state index in [2.05, 4.69) is 5.32 Å². The van der Waals surface area contributed by atoms with Crippen molar-refractivity contribution in [2.24, 2.45) is 11.8 Å². The normalized spacial score (nSPS) is 25.5. The van der Waals surface area contributed by atoms with Crippen molar-refractivity contribution in [2.75, 3.05) is 13.1 Å². The van der Waals surface area contributed by atoms with Gasteiger partial charge >= 0.3 is 0 Å². The SMILES string of the molecule is CC(C)C(=O)C1CCCNC1. The van der Waals surface area contributed by atoms with E-state index < -0.39 is 0 Å². The number of carbonyl (C=O) groups is 1. The Kier molecular flexibility index (Phi) is 3.06. The molecule has 0 aromatic carbocycles. The Balaban J connectivity index is 2.39. The summed E-state index contributed by atoms with van der Waals surface area (Å²) in [7, 11) is 0. The summed E-state index contributed by atoms with van der Waals surface area (Å²) in [5, 5.41) is 3.25. The zero-order valence-electron chi connectivity index (χ0n) is 7.39. The average Bonchev–Trinajstić information content (AvgIpc) is 2.05. The highest BCUT2D eigenvalue weighted by Crippen LogP contribution is 2.14. The van der Waals surface area contributed by atoms with Gasteiger partial charge in [0, 0.05) is 18.4 Å². The molecule has 0 aliphatic carbocycles. The standard InChI is InChI=1S/C9H17NO/c1-7(2)9(11)8-4-3-5-10-6-8/h7-8,10H,3-6H2,1-2H3. The Morgan fingerprint density at radius 2 is 2.27 bits per heavy atom. The van der Waals surface area contributed by atoms with Crippen LogP contribution in [-0.2, 0) is 4.79 Å². The van der Waals surface area contributed by atoms with Crippen molar-refractivity contribution in [2.45, 2.75) is 26.7 Å². The van der Waals surface area contributed by atoms with Gasteiger partial charge in [0.25, 0.3) is 0 Å². The van der Waals surface area contributed by atoms with Crippen LogP contribution in [-0.4, -0.2) is 18.9 Å². The topological polar surface area (TPSA) is 29.1 Å². The fourth-order valence-electron chi connectivity index (χ4n) is 1.57. The van der Waals surface area contributed by atoms with Crippen LogP contribution in [0, 0.1) is 11.8 Å². The molecule has 0 spiro atoms. The van der Waals surface area contributed by atoms with Gasteiger partial charge in [0.2, 0.25) is 0 Å². The van der Waals surface area contributed by atoms with Crippen LogP contribution in [0.1, 0.15) is 26.7 Å². The fourth-order valence-corrected chi connectivity index (χ4v) is 1.57. The quantitative estimate of drug-likeness (QED) is 0.649. The highest BCUT2D eigenvalue weighted by molar-refractivity contribution is 5.83. The molecule has 1 atom stereocenters. The van der Waals surface area contributed by atoms with E-state index in [1.165, 1.54) is 0 Å². The first-order valence-corrected chi connectivity index (χ1v) is 4.46. The van der Waals surface area contributed by atoms with Crippen molar-refractivity contribution in [3.05, 3.63) is 0 Å². The number of carbonyl (C=O) groups excluding carboxylic acids is 1. The molecule has 1 aliphatic heterocycles. The number of nitrogens with one attached hydrogen (secondary N) is 1. The smallest absolute Gasteiger partial charge is 0.139 e. The minimum Gasteiger partial charge on any atom is -0.316 e. The molecular formula is C9H17NO. The van der Waals surface area contributed by atoms with Gasteiger partial charge in [0.15, 0.2) is 0 Å². The van der Waals surface area contributed by atoms with Crippen molar-refractivity contribution < 1.29 is 4.79 Å². The summed E-state index contributed by atoms with van der Waals surface area (Å²) in [6.07, 6.45) is 2.24. The van der Waals surface area contributed by atoms with Crippen LogP contribution in [0.4, 0.5) is 0 Å². The number of hydrogen-bond acceptors (Lipinski definition) is 2. The monoisotopic (exact) mass is 155 g/mol. The second kappa shape index (κ2) is 3.86. The van der Waals surface area contributed by atoms with Crippen LogP contribution in [0.2, 0.25) is 0 Å². The van der Waals surface area contributed by atoms with E-state index in [1.54, 1.807) is 0 Å². The van der Waals surface area contributed by atoms with Crippen molar-refractivity contribution in [3.8, 4) is 0 Å². The van der Waals surface area contributed by atoms with Gasteiger partial charge in [-0.3, -0.25) is 4.79 Å². The van der Waals surface area contributed by atoms with Crippen LogP contribution in [0.15, 0.2) is 0 Å². The molecule has 1 unspecified atom stereocenters. The lowest BCUT2D eigenvalue weighted by molar-refractivity contribution is -0.126. The molecule has 0 aromatic rings. The van der Waals surface area contributed by atoms with Crippen LogP contribution < -0.4 is 5.32 Å². The number of hydrogen-bond donors (Lipinski definition) is 1. The average molecular weight is 155 g/mol. The van der Waals surface area contributed by atoms with E-state index in [-0.39, 0.29) is 5.92 Å². The summed E-state index contributed by atoms with van der Waals surface area (Å²) in [6, 6.07) is 0. The lowest BCUT2D eigenvalue weighted by Gasteiger charge is -2.22. The molecule has 0 saturated carbocycles. The first-order chi connectivity index (χ1) is 5.22. The third-order valence-corrected chi connectivity index (χ3v) is 2.27. The van der Waals surface area contributed by atoms with Crippen molar-refractivity contribution in [3.63, 3.8) is 0 Å². The molecule has 1 fully saturated rings. The van der Waals surface area contributed by atoms with Gasteiger partial charge in [-0.2, -0.15) is 0 Å². The number of piperidine rings is 1. The van der Waals surface area contributed by atoms with E-state index in [1.807, 2.05) is 13.8 Å². The second-order valence-corrected chi connectivity index (χ2v) is 3.60. The highest BCUT2D eigenvalue weighted by Gasteiger charge is 2.22. The maximum absolute atomic E-state index is 11.5. The summed E-state index contributed by atoms with van der Waals surface area (Å²) in [4.78, 5) is 11.5. The summed E-state index contributed by atoms with van der Waals surface area (Å²) < 4.78 is 0. The Labute approximate surface area is 68.4 Å². The summed E-state index contributed by atoms with van der Waals surface area (Å²) in [5.41, 5.74) is 0. The molecule has 0 amide bonds. The van der Waals surface area contributed by atoms with Gasteiger partial charge in [-0.1, -0.05) is 13.8 Å². The predicted octanol–water partition coefficient (Wildman–Crippen LogP) is 1.21. The molecule has 2 nitrogen and oxygen atoms in total. The molecule has 64 valence electrons. The molecule has 0 bridgehead atoms.